The molecule has 2 heterocycles. The maximum atomic E-state index is 12.8. The van der Waals surface area contributed by atoms with Gasteiger partial charge in [0, 0.05) is 17.9 Å². The number of alkyl halides is 3. The molecule has 0 atom stereocenters. The molecule has 1 N–H and O–H groups in total. The van der Waals surface area contributed by atoms with Crippen molar-refractivity contribution < 1.29 is 27.5 Å². The summed E-state index contributed by atoms with van der Waals surface area (Å²) in [5.74, 6) is -1.09. The number of nitrogens with zero attached hydrogens (tertiary/aromatic N) is 3. The maximum absolute atomic E-state index is 12.8. The summed E-state index contributed by atoms with van der Waals surface area (Å²) in [6, 6.07) is 8.13. The molecule has 28 heavy (non-hydrogen) atoms. The van der Waals surface area contributed by atoms with Gasteiger partial charge in [0.1, 0.15) is 17.8 Å². The summed E-state index contributed by atoms with van der Waals surface area (Å²) >= 11 is 1.35. The van der Waals surface area contributed by atoms with Crippen molar-refractivity contribution in [3.8, 4) is 17.2 Å². The second-order valence-electron chi connectivity index (χ2n) is 5.91. The topological polar surface area (TPSA) is 79.5 Å². The molecule has 0 saturated heterocycles. The molecular formula is C18H16F3N3O3S. The van der Waals surface area contributed by atoms with Crippen molar-refractivity contribution >= 4 is 28.6 Å². The predicted octanol–water partition coefficient (Wildman–Crippen LogP) is 3.85. The van der Waals surface area contributed by atoms with Crippen LogP contribution < -0.4 is 0 Å². The van der Waals surface area contributed by atoms with Crippen LogP contribution in [-0.4, -0.2) is 50.6 Å². The van der Waals surface area contributed by atoms with E-state index in [-0.39, 0.29) is 24.7 Å². The molecule has 0 bridgehead atoms. The van der Waals surface area contributed by atoms with E-state index in [9.17, 15) is 23.1 Å². The summed E-state index contributed by atoms with van der Waals surface area (Å²) in [6.07, 6.45) is -1.95. The molecule has 0 aliphatic heterocycles. The molecule has 1 aromatic carbocycles. The Kier molecular flexibility index (Phi) is 5.78. The minimum absolute atomic E-state index is 0.0449. The molecule has 0 saturated carbocycles. The smallest absolute Gasteiger partial charge is 0.471 e. The van der Waals surface area contributed by atoms with Crippen LogP contribution in [-0.2, 0) is 11.3 Å². The highest BCUT2D eigenvalue weighted by Gasteiger charge is 2.42. The van der Waals surface area contributed by atoms with Crippen LogP contribution in [0.25, 0.3) is 22.2 Å². The zero-order valence-corrected chi connectivity index (χ0v) is 15.5. The lowest BCUT2D eigenvalue weighted by Gasteiger charge is -2.22. The Morgan fingerprint density at radius 2 is 2.04 bits per heavy atom. The van der Waals surface area contributed by atoms with Crippen molar-refractivity contribution in [3.05, 3.63) is 42.4 Å². The third-order valence-corrected chi connectivity index (χ3v) is 4.59. The number of thioether (sulfide) groups is 1. The van der Waals surface area contributed by atoms with Gasteiger partial charge in [-0.3, -0.25) is 4.79 Å². The minimum Gasteiger partial charge on any atom is -0.493 e. The van der Waals surface area contributed by atoms with Crippen LogP contribution in [0.2, 0.25) is 0 Å². The fourth-order valence-electron chi connectivity index (χ4n) is 2.64. The lowest BCUT2D eigenvalue weighted by molar-refractivity contribution is -0.186. The number of furan rings is 1. The van der Waals surface area contributed by atoms with Crippen molar-refractivity contribution in [1.29, 1.82) is 0 Å². The number of hydrogen-bond acceptors (Lipinski definition) is 6. The third-order valence-electron chi connectivity index (χ3n) is 4.00. The monoisotopic (exact) mass is 411 g/mol. The molecule has 0 spiro atoms. The highest BCUT2D eigenvalue weighted by Crippen LogP contribution is 2.29. The lowest BCUT2D eigenvalue weighted by atomic mass is 10.1. The van der Waals surface area contributed by atoms with Crippen molar-refractivity contribution in [3.63, 3.8) is 0 Å². The van der Waals surface area contributed by atoms with Gasteiger partial charge in [-0.1, -0.05) is 0 Å². The van der Waals surface area contributed by atoms with E-state index in [2.05, 4.69) is 9.97 Å². The minimum atomic E-state index is -4.94. The fourth-order valence-corrected chi connectivity index (χ4v) is 3.04. The molecule has 3 rings (SSSR count). The fraction of sp³-hybridized carbons (Fsp3) is 0.278. The summed E-state index contributed by atoms with van der Waals surface area (Å²) in [5, 5.41) is 10.3. The number of rotatable bonds is 6. The van der Waals surface area contributed by atoms with E-state index in [0.29, 0.717) is 28.0 Å². The van der Waals surface area contributed by atoms with Gasteiger partial charge in [0.15, 0.2) is 0 Å². The lowest BCUT2D eigenvalue weighted by Crippen LogP contribution is -2.41. The Morgan fingerprint density at radius 1 is 1.25 bits per heavy atom. The van der Waals surface area contributed by atoms with Crippen molar-refractivity contribution in [2.24, 2.45) is 0 Å². The Hall–Kier alpha value is -2.75. The number of carbonyl (C=O) groups is 1. The SMILES string of the molecule is CSCCN(Cc1ccc(-c2ccc3ncnc(O)c3c2)o1)C(=O)C(F)(F)F. The summed E-state index contributed by atoms with van der Waals surface area (Å²) in [5.41, 5.74) is 1.14. The van der Waals surface area contributed by atoms with Gasteiger partial charge in [-0.05, 0) is 36.6 Å². The largest absolute Gasteiger partial charge is 0.493 e. The molecule has 3 aromatic rings. The van der Waals surface area contributed by atoms with E-state index in [4.69, 9.17) is 4.42 Å². The first kappa shape index (κ1) is 20.0. The summed E-state index contributed by atoms with van der Waals surface area (Å²) in [7, 11) is 0. The number of halogens is 3. The average molecular weight is 411 g/mol. The molecule has 10 heteroatoms. The maximum Gasteiger partial charge on any atom is 0.471 e. The number of hydrogen-bond donors (Lipinski definition) is 1. The van der Waals surface area contributed by atoms with Gasteiger partial charge in [0.2, 0.25) is 5.88 Å². The summed E-state index contributed by atoms with van der Waals surface area (Å²) < 4.78 is 44.1. The zero-order valence-electron chi connectivity index (χ0n) is 14.7. The van der Waals surface area contributed by atoms with E-state index in [1.165, 1.54) is 24.2 Å². The van der Waals surface area contributed by atoms with Gasteiger partial charge in [-0.25, -0.2) is 9.97 Å². The number of aromatic hydroxyl groups is 1. The van der Waals surface area contributed by atoms with Gasteiger partial charge in [0.05, 0.1) is 17.4 Å². The molecule has 0 fully saturated rings. The summed E-state index contributed by atoms with van der Waals surface area (Å²) in [4.78, 5) is 20.1. The standard InChI is InChI=1S/C18H16F3N3O3S/c1-28-7-6-24(17(26)18(19,20)21)9-12-3-5-15(27-12)11-2-4-14-13(8-11)16(25)23-10-22-14/h2-5,8,10H,6-7,9H2,1H3,(H,22,23,25). The number of benzene rings is 1. The molecule has 6 nitrogen and oxygen atoms in total. The van der Waals surface area contributed by atoms with Crippen LogP contribution in [0.4, 0.5) is 13.2 Å². The molecule has 1 amide bonds. The zero-order chi connectivity index (χ0) is 20.3. The molecule has 0 aliphatic rings. The Morgan fingerprint density at radius 3 is 2.75 bits per heavy atom. The van der Waals surface area contributed by atoms with Gasteiger partial charge in [-0.15, -0.1) is 0 Å². The first-order valence-electron chi connectivity index (χ1n) is 8.17. The van der Waals surface area contributed by atoms with Crippen LogP contribution in [0, 0.1) is 0 Å². The predicted molar refractivity (Wildman–Crippen MR) is 98.8 cm³/mol. The number of amides is 1. The normalized spacial score (nSPS) is 11.7. The van der Waals surface area contributed by atoms with E-state index in [1.807, 2.05) is 0 Å². The first-order chi connectivity index (χ1) is 13.3. The van der Waals surface area contributed by atoms with Gasteiger partial charge >= 0.3 is 12.1 Å². The van der Waals surface area contributed by atoms with Crippen molar-refractivity contribution in [2.75, 3.05) is 18.6 Å². The number of carbonyl (C=O) groups excluding carboxylic acids is 1. The van der Waals surface area contributed by atoms with Gasteiger partial charge in [0.25, 0.3) is 0 Å². The highest BCUT2D eigenvalue weighted by atomic mass is 32.2. The number of aromatic nitrogens is 2. The van der Waals surface area contributed by atoms with E-state index in [1.54, 1.807) is 30.5 Å². The average Bonchev–Trinajstić information content (AvgIpc) is 3.12. The molecule has 2 aromatic heterocycles. The Balaban J connectivity index is 1.84. The summed E-state index contributed by atoms with van der Waals surface area (Å²) in [6.45, 7) is -0.336. The molecular weight excluding hydrogens is 395 g/mol. The van der Waals surface area contributed by atoms with Crippen LogP contribution in [0.15, 0.2) is 41.1 Å². The molecule has 148 valence electrons. The quantitative estimate of drug-likeness (QED) is 0.664. The van der Waals surface area contributed by atoms with Crippen LogP contribution >= 0.6 is 11.8 Å². The van der Waals surface area contributed by atoms with Crippen LogP contribution in [0.3, 0.4) is 0 Å². The van der Waals surface area contributed by atoms with E-state index >= 15 is 0 Å². The van der Waals surface area contributed by atoms with E-state index < -0.39 is 12.1 Å². The second-order valence-corrected chi connectivity index (χ2v) is 6.90. The van der Waals surface area contributed by atoms with Crippen molar-refractivity contribution in [1.82, 2.24) is 14.9 Å². The number of fused-ring (bicyclic) bond motifs is 1. The Labute approximate surface area is 162 Å². The second kappa shape index (κ2) is 8.09. The third kappa shape index (κ3) is 4.38. The molecule has 0 radical (unpaired) electrons. The van der Waals surface area contributed by atoms with Crippen LogP contribution in [0.1, 0.15) is 5.76 Å². The molecule has 0 aliphatic carbocycles. The Bertz CT molecular complexity index is 991. The first-order valence-corrected chi connectivity index (χ1v) is 9.57. The van der Waals surface area contributed by atoms with Crippen LogP contribution in [0.5, 0.6) is 5.88 Å². The van der Waals surface area contributed by atoms with Crippen molar-refractivity contribution in [2.45, 2.75) is 12.7 Å². The van der Waals surface area contributed by atoms with Gasteiger partial charge in [-0.2, -0.15) is 24.9 Å². The highest BCUT2D eigenvalue weighted by molar-refractivity contribution is 7.98. The van der Waals surface area contributed by atoms with Gasteiger partial charge < -0.3 is 14.4 Å². The molecule has 0 unspecified atom stereocenters. The van der Waals surface area contributed by atoms with E-state index in [0.717, 1.165) is 4.90 Å².